The van der Waals surface area contributed by atoms with Crippen LogP contribution in [0.3, 0.4) is 0 Å². The molecule has 0 fully saturated rings. The summed E-state index contributed by atoms with van der Waals surface area (Å²) in [5.74, 6) is 0. The molecule has 24 heavy (non-hydrogen) atoms. The summed E-state index contributed by atoms with van der Waals surface area (Å²) in [7, 11) is 0. The van der Waals surface area contributed by atoms with Crippen LogP contribution in [0.1, 0.15) is 0 Å². The molecule has 0 aliphatic heterocycles. The van der Waals surface area contributed by atoms with E-state index >= 15 is 0 Å². The van der Waals surface area contributed by atoms with Gasteiger partial charge in [0.1, 0.15) is 0 Å². The second-order valence-corrected chi connectivity index (χ2v) is 5.69. The first-order valence-electron chi connectivity index (χ1n) is 8.06. The molecule has 0 aliphatic carbocycles. The molecular weight excluding hydrogens is 292 g/mol. The maximum atomic E-state index is 3.53. The van der Waals surface area contributed by atoms with Crippen LogP contribution in [-0.2, 0) is 0 Å². The Morgan fingerprint density at radius 2 is 0.875 bits per heavy atom. The van der Waals surface area contributed by atoms with Crippen molar-refractivity contribution in [2.75, 3.05) is 10.6 Å². The number of fused-ring (bicyclic) bond motifs is 1. The van der Waals surface area contributed by atoms with E-state index in [-0.39, 0.29) is 0 Å². The molecule has 2 N–H and O–H groups in total. The number of rotatable bonds is 4. The lowest BCUT2D eigenvalue weighted by molar-refractivity contribution is 1.55. The molecule has 4 rings (SSSR count). The molecule has 0 aliphatic rings. The number of para-hydroxylation sites is 2. The van der Waals surface area contributed by atoms with Crippen molar-refractivity contribution in [1.82, 2.24) is 0 Å². The zero-order valence-corrected chi connectivity index (χ0v) is 13.2. The van der Waals surface area contributed by atoms with Gasteiger partial charge >= 0.3 is 0 Å². The van der Waals surface area contributed by atoms with Gasteiger partial charge in [-0.05, 0) is 41.8 Å². The van der Waals surface area contributed by atoms with E-state index in [1.807, 2.05) is 36.4 Å². The highest BCUT2D eigenvalue weighted by atomic mass is 14.9. The molecule has 0 atom stereocenters. The van der Waals surface area contributed by atoms with E-state index in [1.165, 1.54) is 10.8 Å². The molecule has 0 radical (unpaired) electrons. The average molecular weight is 310 g/mol. The Morgan fingerprint density at radius 1 is 0.417 bits per heavy atom. The fourth-order valence-corrected chi connectivity index (χ4v) is 2.90. The van der Waals surface area contributed by atoms with Gasteiger partial charge in [-0.3, -0.25) is 0 Å². The van der Waals surface area contributed by atoms with Crippen molar-refractivity contribution < 1.29 is 0 Å². The highest BCUT2D eigenvalue weighted by molar-refractivity contribution is 6.05. The average Bonchev–Trinajstić information content (AvgIpc) is 2.64. The summed E-state index contributed by atoms with van der Waals surface area (Å²) in [6.07, 6.45) is 0. The topological polar surface area (TPSA) is 24.1 Å². The van der Waals surface area contributed by atoms with Crippen LogP contribution in [0, 0.1) is 0 Å². The van der Waals surface area contributed by atoms with Gasteiger partial charge in [-0.25, -0.2) is 0 Å². The van der Waals surface area contributed by atoms with Crippen LogP contribution >= 0.6 is 0 Å². The fraction of sp³-hybridized carbons (Fsp3) is 0. The van der Waals surface area contributed by atoms with Crippen molar-refractivity contribution in [1.29, 1.82) is 0 Å². The Balaban J connectivity index is 1.79. The van der Waals surface area contributed by atoms with Crippen molar-refractivity contribution in [2.24, 2.45) is 0 Å². The molecular formula is C22H18N2. The molecule has 4 aromatic carbocycles. The van der Waals surface area contributed by atoms with E-state index in [0.29, 0.717) is 0 Å². The van der Waals surface area contributed by atoms with E-state index in [2.05, 4.69) is 71.3 Å². The Morgan fingerprint density at radius 3 is 1.33 bits per heavy atom. The van der Waals surface area contributed by atoms with Gasteiger partial charge in [0.25, 0.3) is 0 Å². The molecule has 0 bridgehead atoms. The van der Waals surface area contributed by atoms with E-state index in [9.17, 15) is 0 Å². The molecule has 0 amide bonds. The van der Waals surface area contributed by atoms with Gasteiger partial charge in [-0.2, -0.15) is 0 Å². The fourth-order valence-electron chi connectivity index (χ4n) is 2.90. The maximum Gasteiger partial charge on any atom is 0.0485 e. The minimum Gasteiger partial charge on any atom is -0.355 e. The second-order valence-electron chi connectivity index (χ2n) is 5.69. The second kappa shape index (κ2) is 6.47. The normalized spacial score (nSPS) is 10.5. The Kier molecular flexibility index (Phi) is 3.86. The Bertz CT molecular complexity index is 871. The summed E-state index contributed by atoms with van der Waals surface area (Å²) in [5, 5.41) is 9.46. The lowest BCUT2D eigenvalue weighted by atomic mass is 10.1. The first-order valence-corrected chi connectivity index (χ1v) is 8.06. The Hall–Kier alpha value is -3.26. The standard InChI is InChI=1S/C22H18N2/c1-3-11-18(12-4-1)23-20-15-7-9-17-10-8-16-21(22(17)20)24-19-13-5-2-6-14-19/h1-16,23-24H. The third-order valence-corrected chi connectivity index (χ3v) is 4.01. The third kappa shape index (κ3) is 2.95. The van der Waals surface area contributed by atoms with Crippen molar-refractivity contribution >= 4 is 33.5 Å². The van der Waals surface area contributed by atoms with Crippen LogP contribution in [0.2, 0.25) is 0 Å². The SMILES string of the molecule is c1ccc(Nc2cccc3cccc(Nc4ccccc4)c23)cc1. The summed E-state index contributed by atoms with van der Waals surface area (Å²) in [5.41, 5.74) is 4.36. The van der Waals surface area contributed by atoms with Gasteiger partial charge < -0.3 is 10.6 Å². The van der Waals surface area contributed by atoms with Crippen molar-refractivity contribution in [2.45, 2.75) is 0 Å². The van der Waals surface area contributed by atoms with Crippen molar-refractivity contribution in [3.8, 4) is 0 Å². The largest absolute Gasteiger partial charge is 0.355 e. The zero-order valence-electron chi connectivity index (χ0n) is 13.2. The van der Waals surface area contributed by atoms with Gasteiger partial charge in [0.05, 0.1) is 0 Å². The van der Waals surface area contributed by atoms with Crippen LogP contribution in [0.4, 0.5) is 22.7 Å². The number of anilines is 4. The molecule has 4 aromatic rings. The summed E-state index contributed by atoms with van der Waals surface area (Å²) >= 11 is 0. The van der Waals surface area contributed by atoms with E-state index in [0.717, 1.165) is 22.7 Å². The number of benzene rings is 4. The Labute approximate surface area is 141 Å². The van der Waals surface area contributed by atoms with Crippen LogP contribution in [0.15, 0.2) is 97.1 Å². The lowest BCUT2D eigenvalue weighted by Gasteiger charge is -2.15. The molecule has 0 saturated carbocycles. The van der Waals surface area contributed by atoms with Gasteiger partial charge in [-0.1, -0.05) is 60.7 Å². The molecule has 0 saturated heterocycles. The van der Waals surface area contributed by atoms with Crippen molar-refractivity contribution in [3.63, 3.8) is 0 Å². The number of nitrogens with one attached hydrogen (secondary N) is 2. The summed E-state index contributed by atoms with van der Waals surface area (Å²) in [6.45, 7) is 0. The minimum absolute atomic E-state index is 1.08. The minimum atomic E-state index is 1.08. The molecule has 2 nitrogen and oxygen atoms in total. The predicted molar refractivity (Wildman–Crippen MR) is 103 cm³/mol. The van der Waals surface area contributed by atoms with Gasteiger partial charge in [-0.15, -0.1) is 0 Å². The number of hydrogen-bond acceptors (Lipinski definition) is 2. The monoisotopic (exact) mass is 310 g/mol. The molecule has 0 aromatic heterocycles. The predicted octanol–water partition coefficient (Wildman–Crippen LogP) is 6.33. The van der Waals surface area contributed by atoms with Crippen molar-refractivity contribution in [3.05, 3.63) is 97.1 Å². The van der Waals surface area contributed by atoms with Gasteiger partial charge in [0.15, 0.2) is 0 Å². The van der Waals surface area contributed by atoms with Gasteiger partial charge in [0, 0.05) is 28.1 Å². The smallest absolute Gasteiger partial charge is 0.0485 e. The van der Waals surface area contributed by atoms with Crippen LogP contribution in [0.5, 0.6) is 0 Å². The van der Waals surface area contributed by atoms with Crippen LogP contribution < -0.4 is 10.6 Å². The first kappa shape index (κ1) is 14.3. The molecule has 2 heteroatoms. The highest BCUT2D eigenvalue weighted by Gasteiger charge is 2.07. The molecule has 0 spiro atoms. The summed E-state index contributed by atoms with van der Waals surface area (Å²) < 4.78 is 0. The zero-order chi connectivity index (χ0) is 16.2. The lowest BCUT2D eigenvalue weighted by Crippen LogP contribution is -1.95. The quantitative estimate of drug-likeness (QED) is 0.460. The van der Waals surface area contributed by atoms with Crippen LogP contribution in [0.25, 0.3) is 10.8 Å². The van der Waals surface area contributed by atoms with E-state index in [1.54, 1.807) is 0 Å². The van der Waals surface area contributed by atoms with E-state index < -0.39 is 0 Å². The summed E-state index contributed by atoms with van der Waals surface area (Å²) in [6, 6.07) is 33.2. The maximum absolute atomic E-state index is 3.53. The molecule has 0 heterocycles. The summed E-state index contributed by atoms with van der Waals surface area (Å²) in [4.78, 5) is 0. The first-order chi connectivity index (χ1) is 11.9. The number of hydrogen-bond donors (Lipinski definition) is 2. The molecule has 116 valence electrons. The molecule has 0 unspecified atom stereocenters. The highest BCUT2D eigenvalue weighted by Crippen LogP contribution is 2.34. The third-order valence-electron chi connectivity index (χ3n) is 4.01. The van der Waals surface area contributed by atoms with Gasteiger partial charge in [0.2, 0.25) is 0 Å². The van der Waals surface area contributed by atoms with E-state index in [4.69, 9.17) is 0 Å². The van der Waals surface area contributed by atoms with Crippen LogP contribution in [-0.4, -0.2) is 0 Å².